The summed E-state index contributed by atoms with van der Waals surface area (Å²) in [5.74, 6) is -0.348. The van der Waals surface area contributed by atoms with Crippen LogP contribution in [-0.2, 0) is 0 Å². The second-order valence-corrected chi connectivity index (χ2v) is 7.10. The van der Waals surface area contributed by atoms with Crippen LogP contribution in [0.1, 0.15) is 30.4 Å². The predicted molar refractivity (Wildman–Crippen MR) is 116 cm³/mol. The summed E-state index contributed by atoms with van der Waals surface area (Å²) in [6, 6.07) is 24.4. The number of para-hydroxylation sites is 1. The maximum atomic E-state index is 13.2. The van der Waals surface area contributed by atoms with Gasteiger partial charge in [-0.2, -0.15) is 5.10 Å². The number of fused-ring (bicyclic) bond motifs is 1. The molecule has 144 valence electrons. The van der Waals surface area contributed by atoms with Crippen molar-refractivity contribution in [2.45, 2.75) is 19.9 Å². The normalized spacial score (nSPS) is 11.0. The van der Waals surface area contributed by atoms with Crippen LogP contribution < -0.4 is 10.9 Å². The van der Waals surface area contributed by atoms with E-state index in [1.165, 1.54) is 4.68 Å². The molecule has 0 aliphatic heterocycles. The van der Waals surface area contributed by atoms with Crippen molar-refractivity contribution in [2.75, 3.05) is 5.32 Å². The average Bonchev–Trinajstić information content (AvgIpc) is 2.75. The lowest BCUT2D eigenvalue weighted by molar-refractivity contribution is 0.102. The Morgan fingerprint density at radius 2 is 1.48 bits per heavy atom. The number of rotatable bonds is 4. The van der Waals surface area contributed by atoms with Crippen LogP contribution >= 0.6 is 0 Å². The fourth-order valence-corrected chi connectivity index (χ4v) is 3.37. The van der Waals surface area contributed by atoms with Crippen LogP contribution in [0, 0.1) is 0 Å². The van der Waals surface area contributed by atoms with Gasteiger partial charge in [0.25, 0.3) is 11.5 Å². The SMILES string of the molecule is CC(C)n1nc(C(=O)Nc2ccccc2-c2ccccc2)c2ccccc2c1=O. The Morgan fingerprint density at radius 1 is 0.862 bits per heavy atom. The zero-order valence-corrected chi connectivity index (χ0v) is 16.3. The lowest BCUT2D eigenvalue weighted by Crippen LogP contribution is -2.29. The topological polar surface area (TPSA) is 64.0 Å². The molecular weight excluding hydrogens is 362 g/mol. The fraction of sp³-hybridized carbons (Fsp3) is 0.125. The molecule has 29 heavy (non-hydrogen) atoms. The van der Waals surface area contributed by atoms with E-state index < -0.39 is 0 Å². The average molecular weight is 383 g/mol. The Morgan fingerprint density at radius 3 is 2.21 bits per heavy atom. The fourth-order valence-electron chi connectivity index (χ4n) is 3.37. The van der Waals surface area contributed by atoms with Crippen LogP contribution in [0.3, 0.4) is 0 Å². The number of nitrogens with one attached hydrogen (secondary N) is 1. The quantitative estimate of drug-likeness (QED) is 0.545. The molecule has 0 unspecified atom stereocenters. The standard InChI is InChI=1S/C24H21N3O2/c1-16(2)27-24(29)20-14-7-6-13-19(20)22(26-27)23(28)25-21-15-9-8-12-18(21)17-10-4-3-5-11-17/h3-16H,1-2H3,(H,25,28). The second-order valence-electron chi connectivity index (χ2n) is 7.10. The summed E-state index contributed by atoms with van der Waals surface area (Å²) in [7, 11) is 0. The van der Waals surface area contributed by atoms with Gasteiger partial charge in [0.05, 0.1) is 11.4 Å². The molecule has 0 aliphatic carbocycles. The number of nitrogens with zero attached hydrogens (tertiary/aromatic N) is 2. The molecule has 0 aliphatic rings. The highest BCUT2D eigenvalue weighted by molar-refractivity contribution is 6.12. The Kier molecular flexibility index (Phi) is 4.96. The van der Waals surface area contributed by atoms with Gasteiger partial charge in [0.1, 0.15) is 0 Å². The minimum atomic E-state index is -0.348. The number of amides is 1. The van der Waals surface area contributed by atoms with Crippen LogP contribution in [0.25, 0.3) is 21.9 Å². The molecule has 5 nitrogen and oxygen atoms in total. The number of hydrogen-bond acceptors (Lipinski definition) is 3. The van der Waals surface area contributed by atoms with Gasteiger partial charge >= 0.3 is 0 Å². The van der Waals surface area contributed by atoms with Crippen molar-refractivity contribution in [3.05, 3.63) is 94.9 Å². The largest absolute Gasteiger partial charge is 0.320 e. The van der Waals surface area contributed by atoms with Gasteiger partial charge in [-0.05, 0) is 31.5 Å². The van der Waals surface area contributed by atoms with Crippen LogP contribution in [0.4, 0.5) is 5.69 Å². The summed E-state index contributed by atoms with van der Waals surface area (Å²) in [4.78, 5) is 25.9. The third kappa shape index (κ3) is 3.55. The molecule has 0 radical (unpaired) electrons. The van der Waals surface area contributed by atoms with Crippen molar-refractivity contribution in [1.29, 1.82) is 0 Å². The molecule has 1 aromatic heterocycles. The summed E-state index contributed by atoms with van der Waals surface area (Å²) in [6.07, 6.45) is 0. The number of aromatic nitrogens is 2. The van der Waals surface area contributed by atoms with Crippen LogP contribution in [0.2, 0.25) is 0 Å². The van der Waals surface area contributed by atoms with E-state index >= 15 is 0 Å². The van der Waals surface area contributed by atoms with E-state index in [9.17, 15) is 9.59 Å². The van der Waals surface area contributed by atoms with Gasteiger partial charge in [-0.3, -0.25) is 9.59 Å². The number of carbonyl (C=O) groups excluding carboxylic acids is 1. The maximum absolute atomic E-state index is 13.2. The number of carbonyl (C=O) groups is 1. The number of benzene rings is 3. The lowest BCUT2D eigenvalue weighted by Gasteiger charge is -2.15. The number of anilines is 1. The smallest absolute Gasteiger partial charge is 0.276 e. The molecule has 0 bridgehead atoms. The predicted octanol–water partition coefficient (Wildman–Crippen LogP) is 4.90. The summed E-state index contributed by atoms with van der Waals surface area (Å²) in [5.41, 5.74) is 2.65. The van der Waals surface area contributed by atoms with E-state index in [0.717, 1.165) is 11.1 Å². The highest BCUT2D eigenvalue weighted by atomic mass is 16.2. The van der Waals surface area contributed by atoms with E-state index in [1.807, 2.05) is 68.4 Å². The summed E-state index contributed by atoms with van der Waals surface area (Å²) >= 11 is 0. The molecule has 0 saturated heterocycles. The molecule has 1 N–H and O–H groups in total. The highest BCUT2D eigenvalue weighted by Gasteiger charge is 2.19. The number of hydrogen-bond donors (Lipinski definition) is 1. The first kappa shape index (κ1) is 18.6. The minimum Gasteiger partial charge on any atom is -0.320 e. The Balaban J connectivity index is 1.81. The molecule has 1 amide bonds. The lowest BCUT2D eigenvalue weighted by atomic mass is 10.0. The van der Waals surface area contributed by atoms with Gasteiger partial charge in [-0.25, -0.2) is 4.68 Å². The molecule has 0 saturated carbocycles. The van der Waals surface area contributed by atoms with Gasteiger partial charge in [0, 0.05) is 16.6 Å². The highest BCUT2D eigenvalue weighted by Crippen LogP contribution is 2.28. The summed E-state index contributed by atoms with van der Waals surface area (Å²) < 4.78 is 1.36. The van der Waals surface area contributed by atoms with E-state index in [-0.39, 0.29) is 23.2 Å². The molecule has 4 rings (SSSR count). The first-order chi connectivity index (χ1) is 14.1. The molecule has 3 aromatic carbocycles. The molecule has 0 atom stereocenters. The van der Waals surface area contributed by atoms with Crippen molar-refractivity contribution in [3.8, 4) is 11.1 Å². The third-order valence-corrected chi connectivity index (χ3v) is 4.79. The minimum absolute atomic E-state index is 0.157. The van der Waals surface area contributed by atoms with E-state index in [0.29, 0.717) is 16.5 Å². The van der Waals surface area contributed by atoms with Crippen molar-refractivity contribution < 1.29 is 4.79 Å². The van der Waals surface area contributed by atoms with Crippen LogP contribution in [0.5, 0.6) is 0 Å². The van der Waals surface area contributed by atoms with Crippen molar-refractivity contribution in [2.24, 2.45) is 0 Å². The second kappa shape index (κ2) is 7.72. The molecule has 5 heteroatoms. The maximum Gasteiger partial charge on any atom is 0.276 e. The first-order valence-electron chi connectivity index (χ1n) is 9.53. The zero-order valence-electron chi connectivity index (χ0n) is 16.3. The zero-order chi connectivity index (χ0) is 20.4. The molecule has 4 aromatic rings. The van der Waals surface area contributed by atoms with E-state index in [2.05, 4.69) is 10.4 Å². The van der Waals surface area contributed by atoms with Gasteiger partial charge < -0.3 is 5.32 Å². The van der Waals surface area contributed by atoms with Crippen molar-refractivity contribution >= 4 is 22.4 Å². The summed E-state index contributed by atoms with van der Waals surface area (Å²) in [5, 5.41) is 8.41. The monoisotopic (exact) mass is 383 g/mol. The third-order valence-electron chi connectivity index (χ3n) is 4.79. The summed E-state index contributed by atoms with van der Waals surface area (Å²) in [6.45, 7) is 3.74. The Bertz CT molecular complexity index is 1240. The Hall–Kier alpha value is -3.73. The van der Waals surface area contributed by atoms with Gasteiger partial charge in [-0.1, -0.05) is 66.7 Å². The first-order valence-corrected chi connectivity index (χ1v) is 9.53. The van der Waals surface area contributed by atoms with E-state index in [4.69, 9.17) is 0 Å². The molecular formula is C24H21N3O2. The van der Waals surface area contributed by atoms with Crippen molar-refractivity contribution in [3.63, 3.8) is 0 Å². The Labute approximate surface area is 168 Å². The van der Waals surface area contributed by atoms with Crippen LogP contribution in [0.15, 0.2) is 83.7 Å². The van der Waals surface area contributed by atoms with Crippen LogP contribution in [-0.4, -0.2) is 15.7 Å². The van der Waals surface area contributed by atoms with E-state index in [1.54, 1.807) is 24.3 Å². The van der Waals surface area contributed by atoms with Gasteiger partial charge in [-0.15, -0.1) is 0 Å². The van der Waals surface area contributed by atoms with Gasteiger partial charge in [0.15, 0.2) is 5.69 Å². The molecule has 0 fully saturated rings. The molecule has 1 heterocycles. The molecule has 0 spiro atoms. The van der Waals surface area contributed by atoms with Gasteiger partial charge in [0.2, 0.25) is 0 Å². The van der Waals surface area contributed by atoms with Crippen molar-refractivity contribution in [1.82, 2.24) is 9.78 Å².